The summed E-state index contributed by atoms with van der Waals surface area (Å²) in [5, 5.41) is 5.70. The molecule has 1 aromatic rings. The van der Waals surface area contributed by atoms with Gasteiger partial charge in [-0.05, 0) is 32.4 Å². The normalized spacial score (nSPS) is 22.8. The Morgan fingerprint density at radius 1 is 1.24 bits per heavy atom. The second-order valence-electron chi connectivity index (χ2n) is 5.62. The molecule has 0 aromatic heterocycles. The number of anilines is 1. The Hall–Kier alpha value is -1.59. The highest BCUT2D eigenvalue weighted by molar-refractivity contribution is 5.89. The van der Waals surface area contributed by atoms with Crippen molar-refractivity contribution < 1.29 is 9.53 Å². The quantitative estimate of drug-likeness (QED) is 0.819. The minimum atomic E-state index is -0.148. The summed E-state index contributed by atoms with van der Waals surface area (Å²) in [5.41, 5.74) is 0.811. The Bertz CT molecular complexity index is 428. The third-order valence-electron chi connectivity index (χ3n) is 3.46. The van der Waals surface area contributed by atoms with Gasteiger partial charge in [0.05, 0.1) is 12.2 Å². The third kappa shape index (κ3) is 5.73. The summed E-state index contributed by atoms with van der Waals surface area (Å²) in [7, 11) is 0. The number of carbonyl (C=O) groups excluding carboxylic acids is 1. The van der Waals surface area contributed by atoms with Gasteiger partial charge in [0.2, 0.25) is 0 Å². The van der Waals surface area contributed by atoms with Crippen molar-refractivity contribution in [2.75, 3.05) is 31.5 Å². The zero-order chi connectivity index (χ0) is 15.1. The molecule has 116 valence electrons. The van der Waals surface area contributed by atoms with Gasteiger partial charge in [-0.15, -0.1) is 0 Å². The van der Waals surface area contributed by atoms with E-state index in [1.165, 1.54) is 0 Å². The molecule has 1 saturated heterocycles. The number of para-hydroxylation sites is 1. The summed E-state index contributed by atoms with van der Waals surface area (Å²) in [6.07, 6.45) is 1.54. The van der Waals surface area contributed by atoms with Crippen molar-refractivity contribution in [2.24, 2.45) is 0 Å². The lowest BCUT2D eigenvalue weighted by Gasteiger charge is -2.35. The van der Waals surface area contributed by atoms with Gasteiger partial charge >= 0.3 is 6.03 Å². The minimum absolute atomic E-state index is 0.148. The van der Waals surface area contributed by atoms with Crippen LogP contribution in [0.5, 0.6) is 0 Å². The Kier molecular flexibility index (Phi) is 6.02. The maximum absolute atomic E-state index is 11.7. The van der Waals surface area contributed by atoms with Crippen molar-refractivity contribution >= 4 is 11.7 Å². The van der Waals surface area contributed by atoms with E-state index in [0.717, 1.165) is 31.7 Å². The Morgan fingerprint density at radius 3 is 2.57 bits per heavy atom. The Labute approximate surface area is 126 Å². The zero-order valence-corrected chi connectivity index (χ0v) is 12.8. The molecule has 2 atom stereocenters. The fraction of sp³-hybridized carbons (Fsp3) is 0.562. The summed E-state index contributed by atoms with van der Waals surface area (Å²) in [6, 6.07) is 9.32. The first kappa shape index (κ1) is 15.8. The predicted molar refractivity (Wildman–Crippen MR) is 84.5 cm³/mol. The molecule has 5 nitrogen and oxygen atoms in total. The molecule has 0 bridgehead atoms. The van der Waals surface area contributed by atoms with Crippen molar-refractivity contribution in [3.05, 3.63) is 30.3 Å². The van der Waals surface area contributed by atoms with E-state index in [4.69, 9.17) is 4.74 Å². The van der Waals surface area contributed by atoms with E-state index in [1.54, 1.807) is 0 Å². The SMILES string of the molecule is CC1CN(CCCNC(=O)Nc2ccccc2)CC(C)O1. The lowest BCUT2D eigenvalue weighted by atomic mass is 10.2. The third-order valence-corrected chi connectivity index (χ3v) is 3.46. The molecule has 2 amide bonds. The van der Waals surface area contributed by atoms with E-state index in [2.05, 4.69) is 29.4 Å². The first-order valence-corrected chi connectivity index (χ1v) is 7.61. The van der Waals surface area contributed by atoms with Crippen LogP contribution in [0, 0.1) is 0 Å². The number of urea groups is 1. The first-order valence-electron chi connectivity index (χ1n) is 7.61. The minimum Gasteiger partial charge on any atom is -0.373 e. The van der Waals surface area contributed by atoms with Crippen molar-refractivity contribution in [1.82, 2.24) is 10.2 Å². The smallest absolute Gasteiger partial charge is 0.319 e. The fourth-order valence-electron chi connectivity index (χ4n) is 2.67. The summed E-state index contributed by atoms with van der Waals surface area (Å²) >= 11 is 0. The highest BCUT2D eigenvalue weighted by atomic mass is 16.5. The second-order valence-corrected chi connectivity index (χ2v) is 5.62. The van der Waals surface area contributed by atoms with Crippen molar-refractivity contribution in [3.63, 3.8) is 0 Å². The highest BCUT2D eigenvalue weighted by Gasteiger charge is 2.21. The van der Waals surface area contributed by atoms with Crippen LogP contribution in [0.25, 0.3) is 0 Å². The molecule has 21 heavy (non-hydrogen) atoms. The number of ether oxygens (including phenoxy) is 1. The zero-order valence-electron chi connectivity index (χ0n) is 12.8. The summed E-state index contributed by atoms with van der Waals surface area (Å²) in [6.45, 7) is 7.83. The summed E-state index contributed by atoms with van der Waals surface area (Å²) < 4.78 is 5.71. The average molecular weight is 291 g/mol. The molecule has 1 aliphatic rings. The molecule has 1 aliphatic heterocycles. The van der Waals surface area contributed by atoms with Crippen LogP contribution >= 0.6 is 0 Å². The maximum Gasteiger partial charge on any atom is 0.319 e. The van der Waals surface area contributed by atoms with Crippen LogP contribution < -0.4 is 10.6 Å². The van der Waals surface area contributed by atoms with Gasteiger partial charge in [0.25, 0.3) is 0 Å². The monoisotopic (exact) mass is 291 g/mol. The summed E-state index contributed by atoms with van der Waals surface area (Å²) in [5.74, 6) is 0. The molecule has 0 spiro atoms. The van der Waals surface area contributed by atoms with E-state index in [0.29, 0.717) is 18.8 Å². The van der Waals surface area contributed by atoms with Gasteiger partial charge in [0.15, 0.2) is 0 Å². The molecular formula is C16H25N3O2. The van der Waals surface area contributed by atoms with Crippen LogP contribution in [-0.4, -0.2) is 49.3 Å². The molecule has 1 fully saturated rings. The van der Waals surface area contributed by atoms with Crippen molar-refractivity contribution in [2.45, 2.75) is 32.5 Å². The number of nitrogens with one attached hydrogen (secondary N) is 2. The molecule has 2 N–H and O–H groups in total. The molecular weight excluding hydrogens is 266 g/mol. The topological polar surface area (TPSA) is 53.6 Å². The van der Waals surface area contributed by atoms with E-state index < -0.39 is 0 Å². The molecule has 0 saturated carbocycles. The number of carbonyl (C=O) groups is 1. The van der Waals surface area contributed by atoms with Gasteiger partial charge in [-0.25, -0.2) is 4.79 Å². The number of rotatable bonds is 5. The van der Waals surface area contributed by atoms with Gasteiger partial charge in [-0.2, -0.15) is 0 Å². The number of morpholine rings is 1. The van der Waals surface area contributed by atoms with Gasteiger partial charge < -0.3 is 15.4 Å². The highest BCUT2D eigenvalue weighted by Crippen LogP contribution is 2.10. The van der Waals surface area contributed by atoms with Crippen molar-refractivity contribution in [3.8, 4) is 0 Å². The van der Waals surface area contributed by atoms with E-state index >= 15 is 0 Å². The molecule has 0 radical (unpaired) electrons. The number of hydrogen-bond acceptors (Lipinski definition) is 3. The van der Waals surface area contributed by atoms with E-state index in [-0.39, 0.29) is 6.03 Å². The van der Waals surface area contributed by atoms with Crippen LogP contribution in [0.3, 0.4) is 0 Å². The molecule has 5 heteroatoms. The predicted octanol–water partition coefficient (Wildman–Crippen LogP) is 2.31. The summed E-state index contributed by atoms with van der Waals surface area (Å²) in [4.78, 5) is 14.1. The van der Waals surface area contributed by atoms with E-state index in [1.807, 2.05) is 30.3 Å². The number of nitrogens with zero attached hydrogens (tertiary/aromatic N) is 1. The molecule has 2 unspecified atom stereocenters. The average Bonchev–Trinajstić information content (AvgIpc) is 2.44. The van der Waals surface area contributed by atoms with Gasteiger partial charge in [0.1, 0.15) is 0 Å². The first-order chi connectivity index (χ1) is 10.1. The second kappa shape index (κ2) is 8.00. The molecule has 1 heterocycles. The Morgan fingerprint density at radius 2 is 1.90 bits per heavy atom. The molecule has 2 rings (SSSR count). The number of benzene rings is 1. The maximum atomic E-state index is 11.7. The van der Waals surface area contributed by atoms with Gasteiger partial charge in [-0.3, -0.25) is 4.90 Å². The van der Waals surface area contributed by atoms with Crippen LogP contribution in [0.4, 0.5) is 10.5 Å². The Balaban J connectivity index is 1.60. The fourth-order valence-corrected chi connectivity index (χ4v) is 2.67. The van der Waals surface area contributed by atoms with E-state index in [9.17, 15) is 4.79 Å². The largest absolute Gasteiger partial charge is 0.373 e. The number of hydrogen-bond donors (Lipinski definition) is 2. The lowest BCUT2D eigenvalue weighted by molar-refractivity contribution is -0.0679. The van der Waals surface area contributed by atoms with Gasteiger partial charge in [0, 0.05) is 31.9 Å². The number of amides is 2. The lowest BCUT2D eigenvalue weighted by Crippen LogP contribution is -2.46. The van der Waals surface area contributed by atoms with Crippen LogP contribution in [-0.2, 0) is 4.74 Å². The van der Waals surface area contributed by atoms with Crippen LogP contribution in [0.2, 0.25) is 0 Å². The van der Waals surface area contributed by atoms with Crippen LogP contribution in [0.15, 0.2) is 30.3 Å². The van der Waals surface area contributed by atoms with Crippen molar-refractivity contribution in [1.29, 1.82) is 0 Å². The molecule has 0 aliphatic carbocycles. The molecule has 1 aromatic carbocycles. The van der Waals surface area contributed by atoms with Gasteiger partial charge in [-0.1, -0.05) is 18.2 Å². The van der Waals surface area contributed by atoms with Crippen LogP contribution in [0.1, 0.15) is 20.3 Å². The standard InChI is InChI=1S/C16H25N3O2/c1-13-11-19(12-14(2)21-13)10-6-9-17-16(20)18-15-7-4-3-5-8-15/h3-5,7-8,13-14H,6,9-12H2,1-2H3,(H2,17,18,20).